The van der Waals surface area contributed by atoms with Gasteiger partial charge in [0.25, 0.3) is 0 Å². The molecule has 2 atom stereocenters. The Morgan fingerprint density at radius 1 is 0.971 bits per heavy atom. The van der Waals surface area contributed by atoms with Gasteiger partial charge in [0.1, 0.15) is 18.0 Å². The first-order chi connectivity index (χ1) is 16.7. The number of quaternary nitrogens is 1. The van der Waals surface area contributed by atoms with Crippen molar-refractivity contribution in [1.29, 1.82) is 0 Å². The summed E-state index contributed by atoms with van der Waals surface area (Å²) in [6.45, 7) is 6.48. The van der Waals surface area contributed by atoms with E-state index in [4.69, 9.17) is 0 Å². The molecule has 0 bridgehead atoms. The number of halogens is 1. The molecule has 7 nitrogen and oxygen atoms in total. The minimum atomic E-state index is -4.19. The van der Waals surface area contributed by atoms with Crippen molar-refractivity contribution >= 4 is 16.1 Å². The van der Waals surface area contributed by atoms with Gasteiger partial charge in [0.2, 0.25) is 5.91 Å². The zero-order valence-electron chi connectivity index (χ0n) is 20.9. The van der Waals surface area contributed by atoms with Gasteiger partial charge in [-0.1, -0.05) is 63.2 Å². The summed E-state index contributed by atoms with van der Waals surface area (Å²) in [4.78, 5) is 12.2. The highest BCUT2D eigenvalue weighted by Crippen LogP contribution is 2.28. The molecule has 1 amide bonds. The van der Waals surface area contributed by atoms with E-state index in [1.54, 1.807) is 19.1 Å². The lowest BCUT2D eigenvalue weighted by Gasteiger charge is -2.44. The van der Waals surface area contributed by atoms with Crippen LogP contribution in [0.3, 0.4) is 0 Å². The summed E-state index contributed by atoms with van der Waals surface area (Å²) < 4.78 is 42.8. The third-order valence-corrected chi connectivity index (χ3v) is 8.26. The quantitative estimate of drug-likeness (QED) is 0.321. The highest BCUT2D eigenvalue weighted by molar-refractivity contribution is 7.84. The number of aliphatic hydroxyl groups excluding tert-OH is 1. The Balaban J connectivity index is 2.46. The van der Waals surface area contributed by atoms with Crippen LogP contribution in [0.5, 0.6) is 0 Å². The molecule has 2 aromatic carbocycles. The second-order valence-corrected chi connectivity index (χ2v) is 10.7. The maximum atomic E-state index is 13.7. The molecule has 3 N–H and O–H groups in total. The molecule has 0 aliphatic rings. The molecule has 9 heteroatoms. The van der Waals surface area contributed by atoms with Crippen LogP contribution in [0.2, 0.25) is 0 Å². The van der Waals surface area contributed by atoms with E-state index in [0.717, 1.165) is 5.56 Å². The van der Waals surface area contributed by atoms with Crippen molar-refractivity contribution in [2.24, 2.45) is 0 Å². The van der Waals surface area contributed by atoms with Crippen molar-refractivity contribution in [2.45, 2.75) is 65.1 Å². The number of carbonyl (C=O) groups is 1. The van der Waals surface area contributed by atoms with Gasteiger partial charge in [0.15, 0.2) is 0 Å². The van der Waals surface area contributed by atoms with Crippen molar-refractivity contribution in [3.63, 3.8) is 0 Å². The van der Waals surface area contributed by atoms with Gasteiger partial charge in [0.05, 0.1) is 13.1 Å². The van der Waals surface area contributed by atoms with E-state index in [2.05, 4.69) is 10.0 Å². The van der Waals surface area contributed by atoms with Crippen molar-refractivity contribution in [2.75, 3.05) is 19.6 Å². The zero-order valence-corrected chi connectivity index (χ0v) is 21.7. The van der Waals surface area contributed by atoms with Gasteiger partial charge < -0.3 is 10.4 Å². The number of nitrogens with one attached hydrogen (secondary N) is 2. The molecule has 0 heterocycles. The van der Waals surface area contributed by atoms with Gasteiger partial charge in [0, 0.05) is 25.9 Å². The normalized spacial score (nSPS) is 13.9. The first-order valence-corrected chi connectivity index (χ1v) is 13.7. The maximum absolute atomic E-state index is 13.7. The Hall–Kier alpha value is -2.33. The van der Waals surface area contributed by atoms with Gasteiger partial charge in [-0.25, -0.2) is 9.11 Å². The number of rotatable bonds is 15. The standard InChI is InChI=1S/C26H38FN3O4S/c1-4-16-30(17-5-2,35(33,34)29-26(32)6-3)24(18-21-12-14-23(27)15-13-21)25(31)20-28-19-22-10-8-7-9-11-22/h7-15,24-25,28,31H,4-6,16-20H2,1-3H3/p+1. The zero-order chi connectivity index (χ0) is 25.9. The van der Waals surface area contributed by atoms with Crippen molar-refractivity contribution in [3.8, 4) is 0 Å². The van der Waals surface area contributed by atoms with E-state index in [1.807, 2.05) is 44.2 Å². The summed E-state index contributed by atoms with van der Waals surface area (Å²) in [6, 6.07) is 14.8. The molecule has 35 heavy (non-hydrogen) atoms. The summed E-state index contributed by atoms with van der Waals surface area (Å²) >= 11 is 0. The number of hydrogen-bond acceptors (Lipinski definition) is 5. The third-order valence-electron chi connectivity index (χ3n) is 6.18. The predicted molar refractivity (Wildman–Crippen MR) is 136 cm³/mol. The molecule has 2 unspecified atom stereocenters. The van der Waals surface area contributed by atoms with E-state index < -0.39 is 32.2 Å². The molecule has 0 aliphatic heterocycles. The molecule has 0 fully saturated rings. The largest absolute Gasteiger partial charge is 0.396 e. The van der Waals surface area contributed by atoms with Crippen LogP contribution in [-0.2, 0) is 28.0 Å². The first-order valence-electron chi connectivity index (χ1n) is 12.3. The Morgan fingerprint density at radius 3 is 2.11 bits per heavy atom. The maximum Gasteiger partial charge on any atom is 0.396 e. The smallest absolute Gasteiger partial charge is 0.386 e. The summed E-state index contributed by atoms with van der Waals surface area (Å²) in [5, 5.41) is 14.7. The topological polar surface area (TPSA) is 95.5 Å². The number of nitrogens with zero attached hydrogens (tertiary/aromatic N) is 1. The van der Waals surface area contributed by atoms with Crippen LogP contribution in [0.15, 0.2) is 54.6 Å². The van der Waals surface area contributed by atoms with Crippen molar-refractivity contribution in [3.05, 3.63) is 71.5 Å². The molecular formula is C26H39FN3O4S+. The summed E-state index contributed by atoms with van der Waals surface area (Å²) in [5.74, 6) is -0.974. The number of amides is 1. The van der Waals surface area contributed by atoms with Crippen LogP contribution in [0, 0.1) is 5.82 Å². The number of aliphatic hydroxyl groups is 1. The van der Waals surface area contributed by atoms with E-state index in [9.17, 15) is 22.7 Å². The van der Waals surface area contributed by atoms with Gasteiger partial charge in [-0.3, -0.25) is 4.79 Å². The molecule has 0 aromatic heterocycles. The summed E-state index contributed by atoms with van der Waals surface area (Å²) in [6.07, 6.45) is 0.253. The fraction of sp³-hybridized carbons (Fsp3) is 0.500. The highest BCUT2D eigenvalue weighted by atomic mass is 32.2. The molecule has 2 aromatic rings. The Labute approximate surface area is 209 Å². The second kappa shape index (κ2) is 13.7. The summed E-state index contributed by atoms with van der Waals surface area (Å²) in [5.41, 5.74) is 1.76. The lowest BCUT2D eigenvalue weighted by atomic mass is 9.98. The van der Waals surface area contributed by atoms with E-state index in [0.29, 0.717) is 24.9 Å². The molecule has 0 radical (unpaired) electrons. The molecular weight excluding hydrogens is 469 g/mol. The average Bonchev–Trinajstić information content (AvgIpc) is 2.83. The second-order valence-electron chi connectivity index (χ2n) is 8.84. The van der Waals surface area contributed by atoms with Crippen LogP contribution in [0.1, 0.15) is 51.2 Å². The van der Waals surface area contributed by atoms with Crippen LogP contribution in [-0.4, -0.2) is 55.1 Å². The molecule has 0 spiro atoms. The monoisotopic (exact) mass is 508 g/mol. The fourth-order valence-electron chi connectivity index (χ4n) is 4.50. The molecule has 194 valence electrons. The van der Waals surface area contributed by atoms with Crippen LogP contribution in [0.25, 0.3) is 0 Å². The molecule has 0 saturated carbocycles. The van der Waals surface area contributed by atoms with Crippen molar-refractivity contribution < 1.29 is 26.6 Å². The lowest BCUT2D eigenvalue weighted by Crippen LogP contribution is -2.68. The van der Waals surface area contributed by atoms with Gasteiger partial charge >= 0.3 is 10.2 Å². The van der Waals surface area contributed by atoms with Gasteiger partial charge in [-0.15, -0.1) is 0 Å². The number of hydrogen-bond donors (Lipinski definition) is 3. The van der Waals surface area contributed by atoms with Crippen LogP contribution in [0.4, 0.5) is 4.39 Å². The van der Waals surface area contributed by atoms with Crippen LogP contribution < -0.4 is 10.0 Å². The number of benzene rings is 2. The first kappa shape index (κ1) is 28.9. The molecule has 0 aliphatic carbocycles. The van der Waals surface area contributed by atoms with Gasteiger partial charge in [-0.05, 0) is 36.1 Å². The number of carbonyl (C=O) groups excluding carboxylic acids is 1. The van der Waals surface area contributed by atoms with Crippen LogP contribution >= 0.6 is 0 Å². The lowest BCUT2D eigenvalue weighted by molar-refractivity contribution is -0.838. The fourth-order valence-corrected chi connectivity index (χ4v) is 6.53. The van der Waals surface area contributed by atoms with Crippen molar-refractivity contribution in [1.82, 2.24) is 10.0 Å². The summed E-state index contributed by atoms with van der Waals surface area (Å²) in [7, 11) is -4.19. The SMILES string of the molecule is CCC[N+](CCC)(C(Cc1ccc(F)cc1)C(O)CNCc1ccccc1)S(=O)(=O)NC(=O)CC. The Bertz CT molecular complexity index is 1010. The van der Waals surface area contributed by atoms with E-state index in [-0.39, 0.29) is 38.3 Å². The van der Waals surface area contributed by atoms with E-state index in [1.165, 1.54) is 12.1 Å². The minimum absolute atomic E-state index is 0.0291. The molecule has 2 rings (SSSR count). The van der Waals surface area contributed by atoms with Gasteiger partial charge in [-0.2, -0.15) is 12.3 Å². The Morgan fingerprint density at radius 2 is 1.57 bits per heavy atom. The predicted octanol–water partition coefficient (Wildman–Crippen LogP) is 3.30. The molecule has 0 saturated heterocycles. The average molecular weight is 509 g/mol. The third kappa shape index (κ3) is 7.83. The minimum Gasteiger partial charge on any atom is -0.386 e. The highest BCUT2D eigenvalue weighted by Gasteiger charge is 2.51. The van der Waals surface area contributed by atoms with E-state index >= 15 is 0 Å². The Kier molecular flexibility index (Phi) is 11.3.